The molecular formula is C20H18F4N2O3. The maximum atomic E-state index is 14.3. The maximum Gasteiger partial charge on any atom is 0.416 e. The first kappa shape index (κ1) is 20.5. The molecule has 0 saturated carbocycles. The number of halogens is 4. The van der Waals surface area contributed by atoms with Gasteiger partial charge in [-0.2, -0.15) is 13.2 Å². The summed E-state index contributed by atoms with van der Waals surface area (Å²) in [5.74, 6) is -0.323. The third-order valence-corrected chi connectivity index (χ3v) is 4.64. The number of fused-ring (bicyclic) bond motifs is 1. The monoisotopic (exact) mass is 410 g/mol. The Kier molecular flexibility index (Phi) is 5.41. The van der Waals surface area contributed by atoms with Crippen molar-refractivity contribution in [3.05, 3.63) is 65.7 Å². The van der Waals surface area contributed by atoms with Gasteiger partial charge in [0.05, 0.1) is 43.0 Å². The minimum Gasteiger partial charge on any atom is -0.502 e. The number of urea groups is 1. The molecule has 2 aromatic carbocycles. The summed E-state index contributed by atoms with van der Waals surface area (Å²) in [4.78, 5) is 14.0. The molecule has 2 amide bonds. The minimum atomic E-state index is -4.62. The van der Waals surface area contributed by atoms with E-state index < -0.39 is 29.6 Å². The van der Waals surface area contributed by atoms with Gasteiger partial charge in [-0.15, -0.1) is 0 Å². The van der Waals surface area contributed by atoms with Crippen LogP contribution in [0, 0.1) is 5.82 Å². The van der Waals surface area contributed by atoms with Crippen molar-refractivity contribution in [3.8, 4) is 5.75 Å². The molecule has 1 aliphatic heterocycles. The van der Waals surface area contributed by atoms with Crippen LogP contribution in [0.15, 0.2) is 48.7 Å². The first-order valence-corrected chi connectivity index (χ1v) is 8.53. The average Bonchev–Trinajstić information content (AvgIpc) is 2.67. The van der Waals surface area contributed by atoms with Crippen molar-refractivity contribution in [1.82, 2.24) is 0 Å². The summed E-state index contributed by atoms with van der Waals surface area (Å²) in [6.07, 6.45) is -4.58. The second-order valence-electron chi connectivity index (χ2n) is 6.35. The Labute approximate surface area is 164 Å². The number of para-hydroxylation sites is 1. The third-order valence-electron chi connectivity index (χ3n) is 4.64. The largest absolute Gasteiger partial charge is 0.502 e. The van der Waals surface area contributed by atoms with Gasteiger partial charge in [-0.25, -0.2) is 9.18 Å². The topological polar surface area (TPSA) is 50.8 Å². The van der Waals surface area contributed by atoms with Gasteiger partial charge >= 0.3 is 12.2 Å². The van der Waals surface area contributed by atoms with Gasteiger partial charge in [-0.05, 0) is 24.3 Å². The first-order valence-electron chi connectivity index (χ1n) is 8.53. The number of methoxy groups -OCH3 is 2. The molecule has 1 N–H and O–H groups in total. The number of carbonyl (C=O) groups is 1. The predicted molar refractivity (Wildman–Crippen MR) is 99.4 cm³/mol. The van der Waals surface area contributed by atoms with Crippen molar-refractivity contribution in [2.24, 2.45) is 0 Å². The number of hydrogen-bond donors (Lipinski definition) is 1. The molecule has 0 spiro atoms. The summed E-state index contributed by atoms with van der Waals surface area (Å²) in [6, 6.07) is 5.38. The second-order valence-corrected chi connectivity index (χ2v) is 6.35. The van der Waals surface area contributed by atoms with Crippen molar-refractivity contribution >= 4 is 17.4 Å². The zero-order chi connectivity index (χ0) is 21.3. The minimum absolute atomic E-state index is 0.0337. The SMILES string of the molecule is C=C(CC1c2cccc(F)c2NC(=O)N1c1cc(C(F)(F)F)ccc1OC)OC. The summed E-state index contributed by atoms with van der Waals surface area (Å²) < 4.78 is 64.4. The number of ether oxygens (including phenoxy) is 2. The van der Waals surface area contributed by atoms with Crippen molar-refractivity contribution in [2.75, 3.05) is 24.4 Å². The van der Waals surface area contributed by atoms with E-state index in [0.29, 0.717) is 5.56 Å². The molecule has 5 nitrogen and oxygen atoms in total. The number of amides is 2. The van der Waals surface area contributed by atoms with E-state index >= 15 is 0 Å². The van der Waals surface area contributed by atoms with Crippen LogP contribution in [0.1, 0.15) is 23.6 Å². The number of hydrogen-bond acceptors (Lipinski definition) is 3. The fourth-order valence-corrected chi connectivity index (χ4v) is 3.23. The molecule has 0 aromatic heterocycles. The molecule has 29 heavy (non-hydrogen) atoms. The molecule has 154 valence electrons. The van der Waals surface area contributed by atoms with E-state index in [4.69, 9.17) is 9.47 Å². The Morgan fingerprint density at radius 3 is 2.59 bits per heavy atom. The number of anilines is 2. The van der Waals surface area contributed by atoms with Crippen LogP contribution in [0.4, 0.5) is 33.7 Å². The van der Waals surface area contributed by atoms with Crippen molar-refractivity contribution in [1.29, 1.82) is 0 Å². The van der Waals surface area contributed by atoms with E-state index in [-0.39, 0.29) is 29.3 Å². The Hall–Kier alpha value is -3.23. The quantitative estimate of drug-likeness (QED) is 0.523. The lowest BCUT2D eigenvalue weighted by molar-refractivity contribution is -0.137. The maximum absolute atomic E-state index is 14.3. The van der Waals surface area contributed by atoms with Gasteiger partial charge in [0.1, 0.15) is 11.6 Å². The first-order chi connectivity index (χ1) is 13.7. The summed E-state index contributed by atoms with van der Waals surface area (Å²) in [5, 5.41) is 2.41. The Morgan fingerprint density at radius 1 is 1.24 bits per heavy atom. The highest BCUT2D eigenvalue weighted by Crippen LogP contribution is 2.45. The molecule has 3 rings (SSSR count). The molecule has 0 fully saturated rings. The van der Waals surface area contributed by atoms with E-state index in [1.54, 1.807) is 6.07 Å². The Balaban J connectivity index is 2.21. The van der Waals surface area contributed by atoms with Crippen LogP contribution in [0.25, 0.3) is 0 Å². The summed E-state index contributed by atoms with van der Waals surface area (Å²) in [7, 11) is 2.66. The molecule has 9 heteroatoms. The number of carbonyl (C=O) groups excluding carboxylic acids is 1. The molecule has 1 heterocycles. The predicted octanol–water partition coefficient (Wildman–Crippen LogP) is 5.50. The summed E-state index contributed by atoms with van der Waals surface area (Å²) in [6.45, 7) is 3.73. The van der Waals surface area contributed by atoms with E-state index in [9.17, 15) is 22.4 Å². The number of nitrogens with zero attached hydrogens (tertiary/aromatic N) is 1. The Bertz CT molecular complexity index is 959. The molecule has 2 aromatic rings. The van der Waals surface area contributed by atoms with E-state index in [1.165, 1.54) is 26.4 Å². The molecular weight excluding hydrogens is 392 g/mol. The smallest absolute Gasteiger partial charge is 0.416 e. The van der Waals surface area contributed by atoms with Crippen LogP contribution in [0.3, 0.4) is 0 Å². The molecule has 0 bridgehead atoms. The molecule has 0 radical (unpaired) electrons. The molecule has 1 aliphatic rings. The van der Waals surface area contributed by atoms with Gasteiger partial charge in [0.25, 0.3) is 0 Å². The Morgan fingerprint density at radius 2 is 1.97 bits per heavy atom. The second kappa shape index (κ2) is 7.65. The average molecular weight is 410 g/mol. The van der Waals surface area contributed by atoms with E-state index in [2.05, 4.69) is 11.9 Å². The number of nitrogens with one attached hydrogen (secondary N) is 1. The third kappa shape index (κ3) is 3.85. The van der Waals surface area contributed by atoms with E-state index in [0.717, 1.165) is 23.1 Å². The van der Waals surface area contributed by atoms with Crippen LogP contribution < -0.4 is 15.0 Å². The molecule has 1 unspecified atom stereocenters. The standard InChI is InChI=1S/C20H18F4N2O3/c1-11(28-2)9-15-13-5-4-6-14(21)18(13)25-19(27)26(15)16-10-12(20(22,23)24)7-8-17(16)29-3/h4-8,10,15H,1,9H2,2-3H3,(H,25,27). The highest BCUT2D eigenvalue weighted by atomic mass is 19.4. The van der Waals surface area contributed by atoms with Crippen molar-refractivity contribution in [3.63, 3.8) is 0 Å². The van der Waals surface area contributed by atoms with Gasteiger partial charge in [0.15, 0.2) is 0 Å². The lowest BCUT2D eigenvalue weighted by Gasteiger charge is -2.38. The zero-order valence-corrected chi connectivity index (χ0v) is 15.6. The molecule has 0 aliphatic carbocycles. The van der Waals surface area contributed by atoms with Gasteiger partial charge in [0.2, 0.25) is 0 Å². The molecule has 0 saturated heterocycles. The molecule has 1 atom stereocenters. The highest BCUT2D eigenvalue weighted by Gasteiger charge is 2.39. The van der Waals surface area contributed by atoms with Crippen molar-refractivity contribution < 1.29 is 31.8 Å². The van der Waals surface area contributed by atoms with E-state index in [1.807, 2.05) is 0 Å². The fourth-order valence-electron chi connectivity index (χ4n) is 3.23. The van der Waals surface area contributed by atoms with Gasteiger partial charge in [0, 0.05) is 12.0 Å². The van der Waals surface area contributed by atoms with Crippen LogP contribution >= 0.6 is 0 Å². The lowest BCUT2D eigenvalue weighted by atomic mass is 9.95. The number of alkyl halides is 3. The van der Waals surface area contributed by atoms with Crippen LogP contribution in [0.5, 0.6) is 5.75 Å². The number of rotatable bonds is 5. The van der Waals surface area contributed by atoms with Gasteiger partial charge in [-0.1, -0.05) is 18.7 Å². The zero-order valence-electron chi connectivity index (χ0n) is 15.6. The normalized spacial score (nSPS) is 16.1. The van der Waals surface area contributed by atoms with Crippen LogP contribution in [-0.4, -0.2) is 20.3 Å². The highest BCUT2D eigenvalue weighted by molar-refractivity contribution is 6.06. The van der Waals surface area contributed by atoms with Crippen LogP contribution in [-0.2, 0) is 10.9 Å². The summed E-state index contributed by atoms with van der Waals surface area (Å²) >= 11 is 0. The van der Waals surface area contributed by atoms with Gasteiger partial charge in [-0.3, -0.25) is 4.90 Å². The fraction of sp³-hybridized carbons (Fsp3) is 0.250. The van der Waals surface area contributed by atoms with Crippen molar-refractivity contribution in [2.45, 2.75) is 18.6 Å². The van der Waals surface area contributed by atoms with Crippen LogP contribution in [0.2, 0.25) is 0 Å². The van der Waals surface area contributed by atoms with Gasteiger partial charge < -0.3 is 14.8 Å². The number of benzene rings is 2. The lowest BCUT2D eigenvalue weighted by Crippen LogP contribution is -2.43. The summed E-state index contributed by atoms with van der Waals surface area (Å²) in [5.41, 5.74) is -0.713.